The predicted molar refractivity (Wildman–Crippen MR) is 120 cm³/mol. The third-order valence-electron chi connectivity index (χ3n) is 6.04. The van der Waals surface area contributed by atoms with E-state index in [9.17, 15) is 18.0 Å². The van der Waals surface area contributed by atoms with Crippen LogP contribution in [-0.2, 0) is 14.8 Å². The van der Waals surface area contributed by atoms with E-state index in [1.807, 2.05) is 0 Å². The smallest absolute Gasteiger partial charge is 0.286 e. The minimum absolute atomic E-state index is 0.0163. The summed E-state index contributed by atoms with van der Waals surface area (Å²) in [5.41, 5.74) is 1.88. The van der Waals surface area contributed by atoms with Crippen LogP contribution < -0.4 is 10.2 Å². The fraction of sp³-hybridized carbons (Fsp3) is 0.304. The molecule has 2 aliphatic heterocycles. The van der Waals surface area contributed by atoms with Crippen LogP contribution in [0.5, 0.6) is 0 Å². The molecule has 0 bridgehead atoms. The molecule has 8 nitrogen and oxygen atoms in total. The Morgan fingerprint density at radius 2 is 1.94 bits per heavy atom. The summed E-state index contributed by atoms with van der Waals surface area (Å²) in [5, 5.41) is 2.91. The molecule has 2 aromatic rings. The molecule has 1 aliphatic carbocycles. The first kappa shape index (κ1) is 20.6. The normalized spacial score (nSPS) is 21.8. The number of aromatic nitrogens is 1. The van der Waals surface area contributed by atoms with Crippen LogP contribution in [0.15, 0.2) is 63.5 Å². The Hall–Kier alpha value is -3.33. The van der Waals surface area contributed by atoms with Gasteiger partial charge >= 0.3 is 0 Å². The zero-order valence-electron chi connectivity index (χ0n) is 17.3. The van der Waals surface area contributed by atoms with Crippen LogP contribution in [0, 0.1) is 5.92 Å². The van der Waals surface area contributed by atoms with Crippen LogP contribution >= 0.6 is 0 Å². The van der Waals surface area contributed by atoms with Crippen LogP contribution in [0.1, 0.15) is 42.5 Å². The Bertz CT molecular complexity index is 1280. The molecule has 1 unspecified atom stereocenters. The van der Waals surface area contributed by atoms with Crippen LogP contribution in [0.2, 0.25) is 0 Å². The summed E-state index contributed by atoms with van der Waals surface area (Å²) in [6, 6.07) is 9.54. The Morgan fingerprint density at radius 3 is 2.75 bits per heavy atom. The number of fused-ring (bicyclic) bond motifs is 2. The molecule has 1 N–H and O–H groups in total. The minimum Gasteiger partial charge on any atom is -0.341 e. The van der Waals surface area contributed by atoms with E-state index < -0.39 is 27.6 Å². The van der Waals surface area contributed by atoms with Crippen LogP contribution in [0.4, 0.5) is 11.5 Å². The first-order valence-electron chi connectivity index (χ1n) is 10.6. The maximum absolute atomic E-state index is 13.5. The number of Topliss-reactive ketones (excluding diaryl/α,β-unsaturated/α-hetero) is 1. The van der Waals surface area contributed by atoms with E-state index in [2.05, 4.69) is 20.8 Å². The third kappa shape index (κ3) is 3.52. The number of pyridine rings is 1. The summed E-state index contributed by atoms with van der Waals surface area (Å²) in [6.07, 6.45) is 8.80. The van der Waals surface area contributed by atoms with Crippen molar-refractivity contribution in [3.8, 4) is 0 Å². The number of hydrogen-bond donors (Lipinski definition) is 1. The number of ketones is 1. The van der Waals surface area contributed by atoms with E-state index in [1.54, 1.807) is 36.5 Å². The summed E-state index contributed by atoms with van der Waals surface area (Å²) in [7, 11) is -4.03. The number of carbonyl (C=O) groups is 2. The average Bonchev–Trinajstić information content (AvgIpc) is 2.79. The molecule has 1 aromatic carbocycles. The summed E-state index contributed by atoms with van der Waals surface area (Å²) in [6.45, 7) is 0.370. The fourth-order valence-corrected chi connectivity index (χ4v) is 5.59. The van der Waals surface area contributed by atoms with Crippen LogP contribution in [0.3, 0.4) is 0 Å². The van der Waals surface area contributed by atoms with E-state index in [1.165, 1.54) is 23.0 Å². The molecule has 9 heteroatoms. The van der Waals surface area contributed by atoms with E-state index in [0.717, 1.165) is 19.3 Å². The molecule has 0 saturated heterocycles. The Morgan fingerprint density at radius 1 is 1.09 bits per heavy atom. The average molecular weight is 451 g/mol. The lowest BCUT2D eigenvalue weighted by Gasteiger charge is -2.33. The number of nitrogens with zero attached hydrogens (tertiary/aromatic N) is 3. The monoisotopic (exact) mass is 450 g/mol. The maximum Gasteiger partial charge on any atom is 0.286 e. The molecule has 164 valence electrons. The summed E-state index contributed by atoms with van der Waals surface area (Å²) in [5.74, 6) is -2.24. The van der Waals surface area contributed by atoms with Crippen molar-refractivity contribution in [3.05, 3.63) is 59.8 Å². The predicted octanol–water partition coefficient (Wildman–Crippen LogP) is 3.33. The standard InChI is InChI=1S/C23H22N4O4S/c28-20-16-9-6-13-24-22(16)27(14-12-15-7-2-1-3-8-15)23(29)19(20)21-25-17-10-4-5-11-18(17)32(30,31)26-21/h4-7,9-11,13,19H,1-3,8,12,14H2,(H,25,26). The number of hydrogen-bond acceptors (Lipinski definition) is 6. The molecule has 1 amide bonds. The van der Waals surface area contributed by atoms with Gasteiger partial charge in [-0.25, -0.2) is 4.98 Å². The molecule has 3 heterocycles. The van der Waals surface area contributed by atoms with Crippen molar-refractivity contribution >= 4 is 39.1 Å². The third-order valence-corrected chi connectivity index (χ3v) is 7.39. The summed E-state index contributed by atoms with van der Waals surface area (Å²) < 4.78 is 29.2. The number of sulfonamides is 1. The highest BCUT2D eigenvalue weighted by Crippen LogP contribution is 2.34. The number of amides is 1. The zero-order valence-corrected chi connectivity index (χ0v) is 18.1. The second-order valence-corrected chi connectivity index (χ2v) is 9.67. The molecule has 32 heavy (non-hydrogen) atoms. The van der Waals surface area contributed by atoms with Crippen molar-refractivity contribution in [3.63, 3.8) is 0 Å². The zero-order chi connectivity index (χ0) is 22.3. The number of anilines is 2. The summed E-state index contributed by atoms with van der Waals surface area (Å²) in [4.78, 5) is 32.6. The number of allylic oxidation sites excluding steroid dienone is 1. The van der Waals surface area contributed by atoms with E-state index in [-0.39, 0.29) is 16.3 Å². The van der Waals surface area contributed by atoms with Gasteiger partial charge in [0.15, 0.2) is 11.7 Å². The quantitative estimate of drug-likeness (QED) is 0.565. The van der Waals surface area contributed by atoms with Crippen molar-refractivity contribution in [2.75, 3.05) is 16.8 Å². The molecule has 0 saturated carbocycles. The lowest BCUT2D eigenvalue weighted by Crippen LogP contribution is -2.51. The minimum atomic E-state index is -4.03. The number of carbonyl (C=O) groups excluding carboxylic acids is 2. The molecule has 0 radical (unpaired) electrons. The van der Waals surface area contributed by atoms with Crippen molar-refractivity contribution in [2.24, 2.45) is 10.3 Å². The van der Waals surface area contributed by atoms with Crippen molar-refractivity contribution < 1.29 is 18.0 Å². The SMILES string of the molecule is O=C1c2cccnc2N(CCC2=CCCCC2)C(=O)C1C1=NS(=O)(=O)c2ccccc2N1. The number of nitrogens with one attached hydrogen (secondary N) is 1. The molecule has 3 aliphatic rings. The highest BCUT2D eigenvalue weighted by atomic mass is 32.2. The Labute approximate surface area is 186 Å². The molecule has 1 aromatic heterocycles. The largest absolute Gasteiger partial charge is 0.341 e. The molecular weight excluding hydrogens is 428 g/mol. The van der Waals surface area contributed by atoms with Gasteiger partial charge < -0.3 is 5.32 Å². The maximum atomic E-state index is 13.5. The molecule has 0 fully saturated rings. The second kappa shape index (κ2) is 7.98. The van der Waals surface area contributed by atoms with E-state index in [0.29, 0.717) is 24.5 Å². The van der Waals surface area contributed by atoms with Crippen molar-refractivity contribution in [1.29, 1.82) is 0 Å². The van der Waals surface area contributed by atoms with Gasteiger partial charge in [-0.1, -0.05) is 23.8 Å². The molecule has 5 rings (SSSR count). The molecule has 1 atom stereocenters. The lowest BCUT2D eigenvalue weighted by molar-refractivity contribution is -0.119. The highest BCUT2D eigenvalue weighted by molar-refractivity contribution is 7.90. The van der Waals surface area contributed by atoms with Crippen LogP contribution in [0.25, 0.3) is 0 Å². The van der Waals surface area contributed by atoms with Gasteiger partial charge in [-0.3, -0.25) is 14.5 Å². The first-order chi connectivity index (χ1) is 15.5. The van der Waals surface area contributed by atoms with Gasteiger partial charge in [0.1, 0.15) is 16.5 Å². The summed E-state index contributed by atoms with van der Waals surface area (Å²) >= 11 is 0. The lowest BCUT2D eigenvalue weighted by atomic mass is 9.90. The van der Waals surface area contributed by atoms with Crippen molar-refractivity contribution in [1.82, 2.24) is 4.98 Å². The number of para-hydroxylation sites is 1. The molecule has 0 spiro atoms. The number of benzene rings is 1. The van der Waals surface area contributed by atoms with Gasteiger partial charge in [0.2, 0.25) is 5.91 Å². The number of rotatable bonds is 4. The van der Waals surface area contributed by atoms with Gasteiger partial charge in [-0.05, 0) is 56.4 Å². The Kier molecular flexibility index (Phi) is 5.13. The van der Waals surface area contributed by atoms with Gasteiger partial charge in [0, 0.05) is 12.7 Å². The van der Waals surface area contributed by atoms with Crippen LogP contribution in [-0.4, -0.2) is 37.5 Å². The van der Waals surface area contributed by atoms with Gasteiger partial charge in [0.05, 0.1) is 11.3 Å². The van der Waals surface area contributed by atoms with Gasteiger partial charge in [-0.2, -0.15) is 8.42 Å². The highest BCUT2D eigenvalue weighted by Gasteiger charge is 2.45. The number of amidine groups is 1. The molecular formula is C23H22N4O4S. The van der Waals surface area contributed by atoms with E-state index >= 15 is 0 Å². The van der Waals surface area contributed by atoms with E-state index in [4.69, 9.17) is 0 Å². The van der Waals surface area contributed by atoms with Gasteiger partial charge in [0.25, 0.3) is 10.0 Å². The first-order valence-corrected chi connectivity index (χ1v) is 12.1. The Balaban J connectivity index is 1.52. The fourth-order valence-electron chi connectivity index (χ4n) is 4.44. The van der Waals surface area contributed by atoms with Crippen molar-refractivity contribution in [2.45, 2.75) is 37.0 Å². The second-order valence-electron chi connectivity index (χ2n) is 8.09. The topological polar surface area (TPSA) is 109 Å². The van der Waals surface area contributed by atoms with Gasteiger partial charge in [-0.15, -0.1) is 4.40 Å².